The van der Waals surface area contributed by atoms with Crippen molar-refractivity contribution < 1.29 is 28.6 Å². The van der Waals surface area contributed by atoms with Gasteiger partial charge in [-0.2, -0.15) is 0 Å². The Kier molecular flexibility index (Phi) is 6.98. The van der Waals surface area contributed by atoms with Crippen molar-refractivity contribution in [2.24, 2.45) is 0 Å². The van der Waals surface area contributed by atoms with Crippen LogP contribution in [0.2, 0.25) is 0 Å². The zero-order valence-electron chi connectivity index (χ0n) is 13.3. The van der Waals surface area contributed by atoms with Gasteiger partial charge < -0.3 is 23.6 Å². The van der Waals surface area contributed by atoms with Crippen molar-refractivity contribution in [2.75, 3.05) is 20.8 Å². The van der Waals surface area contributed by atoms with Crippen LogP contribution in [0.15, 0.2) is 11.0 Å². The molecule has 8 heteroatoms. The number of carbonyl (C=O) groups is 3. The molecular weight excluding hydrogens is 306 g/mol. The van der Waals surface area contributed by atoms with Crippen molar-refractivity contribution in [2.45, 2.75) is 26.3 Å². The molecule has 0 unspecified atom stereocenters. The fourth-order valence-electron chi connectivity index (χ4n) is 1.88. The maximum Gasteiger partial charge on any atom is 0.358 e. The van der Waals surface area contributed by atoms with Crippen molar-refractivity contribution in [3.05, 3.63) is 27.7 Å². The molecule has 1 rings (SSSR count). The van der Waals surface area contributed by atoms with E-state index in [1.54, 1.807) is 0 Å². The van der Waals surface area contributed by atoms with Crippen LogP contribution in [0.3, 0.4) is 0 Å². The van der Waals surface area contributed by atoms with Gasteiger partial charge in [0.05, 0.1) is 27.4 Å². The van der Waals surface area contributed by atoms with Crippen LogP contribution >= 0.6 is 0 Å². The third-order valence-electron chi connectivity index (χ3n) is 3.04. The molecule has 0 saturated heterocycles. The van der Waals surface area contributed by atoms with E-state index < -0.39 is 17.4 Å². The SMILES string of the molecule is CCCCOc1c(C(=O)OC)n(CC=O)cc(C(=O)OC)c1=O. The maximum absolute atomic E-state index is 12.4. The average molecular weight is 325 g/mol. The molecular formula is C15H19NO7. The Morgan fingerprint density at radius 2 is 1.87 bits per heavy atom. The van der Waals surface area contributed by atoms with Crippen molar-refractivity contribution in [3.63, 3.8) is 0 Å². The second kappa shape index (κ2) is 8.72. The molecule has 0 aliphatic carbocycles. The van der Waals surface area contributed by atoms with Gasteiger partial charge in [-0.05, 0) is 6.42 Å². The number of pyridine rings is 1. The lowest BCUT2D eigenvalue weighted by atomic mass is 10.2. The van der Waals surface area contributed by atoms with Gasteiger partial charge in [0.25, 0.3) is 0 Å². The van der Waals surface area contributed by atoms with Gasteiger partial charge in [-0.15, -0.1) is 0 Å². The van der Waals surface area contributed by atoms with E-state index in [4.69, 9.17) is 4.74 Å². The first kappa shape index (κ1) is 18.4. The van der Waals surface area contributed by atoms with Crippen molar-refractivity contribution in [1.29, 1.82) is 0 Å². The van der Waals surface area contributed by atoms with E-state index in [1.807, 2.05) is 6.92 Å². The molecule has 0 spiro atoms. The number of hydrogen-bond acceptors (Lipinski definition) is 7. The van der Waals surface area contributed by atoms with Crippen LogP contribution in [0, 0.1) is 0 Å². The number of esters is 2. The first-order valence-corrected chi connectivity index (χ1v) is 7.02. The predicted octanol–water partition coefficient (Wildman–Crippen LogP) is 0.799. The van der Waals surface area contributed by atoms with E-state index in [0.29, 0.717) is 12.7 Å². The number of nitrogens with zero attached hydrogens (tertiary/aromatic N) is 1. The molecule has 126 valence electrons. The Morgan fingerprint density at radius 1 is 1.22 bits per heavy atom. The van der Waals surface area contributed by atoms with Crippen LogP contribution in [0.4, 0.5) is 0 Å². The summed E-state index contributed by atoms with van der Waals surface area (Å²) in [6.45, 7) is 1.86. The summed E-state index contributed by atoms with van der Waals surface area (Å²) in [5.74, 6) is -2.05. The number of aromatic nitrogens is 1. The average Bonchev–Trinajstić information content (AvgIpc) is 2.56. The molecule has 1 aromatic heterocycles. The van der Waals surface area contributed by atoms with Gasteiger partial charge in [-0.1, -0.05) is 13.3 Å². The molecule has 0 bridgehead atoms. The van der Waals surface area contributed by atoms with Crippen LogP contribution in [0.1, 0.15) is 40.6 Å². The van der Waals surface area contributed by atoms with Gasteiger partial charge in [-0.3, -0.25) is 4.79 Å². The second-order valence-corrected chi connectivity index (χ2v) is 4.55. The Hall–Kier alpha value is -2.64. The zero-order valence-corrected chi connectivity index (χ0v) is 13.3. The fourth-order valence-corrected chi connectivity index (χ4v) is 1.88. The first-order valence-electron chi connectivity index (χ1n) is 7.02. The topological polar surface area (TPSA) is 101 Å². The largest absolute Gasteiger partial charge is 0.487 e. The lowest BCUT2D eigenvalue weighted by Gasteiger charge is -2.16. The molecule has 0 atom stereocenters. The summed E-state index contributed by atoms with van der Waals surface area (Å²) in [5, 5.41) is 0. The standard InChI is InChI=1S/C15H19NO7/c1-4-5-8-23-13-11(15(20)22-3)16(6-7-17)9-10(12(13)18)14(19)21-2/h7,9H,4-6,8H2,1-3H3. The minimum Gasteiger partial charge on any atom is -0.487 e. The Morgan fingerprint density at radius 3 is 2.39 bits per heavy atom. The quantitative estimate of drug-likeness (QED) is 0.396. The van der Waals surface area contributed by atoms with Crippen LogP contribution in [0.25, 0.3) is 0 Å². The molecule has 0 aliphatic rings. The number of methoxy groups -OCH3 is 2. The molecule has 23 heavy (non-hydrogen) atoms. The van der Waals surface area contributed by atoms with Gasteiger partial charge in [-0.25, -0.2) is 9.59 Å². The van der Waals surface area contributed by atoms with Crippen molar-refractivity contribution in [1.82, 2.24) is 4.57 Å². The number of carbonyl (C=O) groups excluding carboxylic acids is 3. The smallest absolute Gasteiger partial charge is 0.358 e. The van der Waals surface area contributed by atoms with Crippen LogP contribution < -0.4 is 10.2 Å². The van der Waals surface area contributed by atoms with E-state index in [-0.39, 0.29) is 30.2 Å². The summed E-state index contributed by atoms with van der Waals surface area (Å²) >= 11 is 0. The van der Waals surface area contributed by atoms with Gasteiger partial charge >= 0.3 is 11.9 Å². The van der Waals surface area contributed by atoms with Crippen LogP contribution in [-0.4, -0.2) is 43.6 Å². The number of aldehydes is 1. The molecule has 0 N–H and O–H groups in total. The lowest BCUT2D eigenvalue weighted by Crippen LogP contribution is -2.27. The number of unbranched alkanes of at least 4 members (excludes halogenated alkanes) is 1. The minimum atomic E-state index is -0.883. The molecule has 1 heterocycles. The third-order valence-corrected chi connectivity index (χ3v) is 3.04. The summed E-state index contributed by atoms with van der Waals surface area (Å²) in [6, 6.07) is 0. The van der Waals surface area contributed by atoms with E-state index in [0.717, 1.165) is 31.4 Å². The summed E-state index contributed by atoms with van der Waals surface area (Å²) in [6.07, 6.45) is 3.07. The van der Waals surface area contributed by atoms with E-state index >= 15 is 0 Å². The summed E-state index contributed by atoms with van der Waals surface area (Å²) in [5.41, 5.74) is -1.32. The predicted molar refractivity (Wildman–Crippen MR) is 79.8 cm³/mol. The monoisotopic (exact) mass is 325 g/mol. The Balaban J connectivity index is 3.58. The molecule has 0 aromatic carbocycles. The highest BCUT2D eigenvalue weighted by Crippen LogP contribution is 2.17. The normalized spacial score (nSPS) is 10.0. The van der Waals surface area contributed by atoms with Gasteiger partial charge in [0.15, 0.2) is 11.4 Å². The molecule has 0 amide bonds. The Bertz CT molecular complexity index is 648. The highest BCUT2D eigenvalue weighted by molar-refractivity contribution is 5.94. The summed E-state index contributed by atoms with van der Waals surface area (Å²) < 4.78 is 15.7. The Labute approximate surface area is 132 Å². The number of ether oxygens (including phenoxy) is 3. The molecule has 0 saturated carbocycles. The van der Waals surface area contributed by atoms with Gasteiger partial charge in [0.2, 0.25) is 5.43 Å². The fraction of sp³-hybridized carbons (Fsp3) is 0.467. The first-order chi connectivity index (χ1) is 11.0. The van der Waals surface area contributed by atoms with Crippen molar-refractivity contribution >= 4 is 18.2 Å². The number of rotatable bonds is 8. The van der Waals surface area contributed by atoms with Gasteiger partial charge in [0, 0.05) is 6.20 Å². The molecule has 1 aromatic rings. The highest BCUT2D eigenvalue weighted by atomic mass is 16.5. The summed E-state index contributed by atoms with van der Waals surface area (Å²) in [4.78, 5) is 47.0. The number of hydrogen-bond donors (Lipinski definition) is 0. The molecule has 0 fully saturated rings. The second-order valence-electron chi connectivity index (χ2n) is 4.55. The third kappa shape index (κ3) is 4.18. The molecule has 8 nitrogen and oxygen atoms in total. The summed E-state index contributed by atoms with van der Waals surface area (Å²) in [7, 11) is 2.26. The van der Waals surface area contributed by atoms with E-state index in [2.05, 4.69) is 9.47 Å². The molecule has 0 aliphatic heterocycles. The lowest BCUT2D eigenvalue weighted by molar-refractivity contribution is -0.108. The van der Waals surface area contributed by atoms with E-state index in [1.165, 1.54) is 0 Å². The van der Waals surface area contributed by atoms with Gasteiger partial charge in [0.1, 0.15) is 11.8 Å². The van der Waals surface area contributed by atoms with E-state index in [9.17, 15) is 19.2 Å². The van der Waals surface area contributed by atoms with Crippen molar-refractivity contribution in [3.8, 4) is 5.75 Å². The minimum absolute atomic E-state index is 0.182. The van der Waals surface area contributed by atoms with Crippen LogP contribution in [0.5, 0.6) is 5.75 Å². The molecule has 0 radical (unpaired) electrons. The zero-order chi connectivity index (χ0) is 17.4. The maximum atomic E-state index is 12.4. The van der Waals surface area contributed by atoms with Crippen LogP contribution in [-0.2, 0) is 20.8 Å². The highest BCUT2D eigenvalue weighted by Gasteiger charge is 2.26.